The van der Waals surface area contributed by atoms with E-state index >= 15 is 0 Å². The van der Waals surface area contributed by atoms with Gasteiger partial charge in [-0.05, 0) is 50.4 Å². The van der Waals surface area contributed by atoms with Gasteiger partial charge < -0.3 is 15.2 Å². The van der Waals surface area contributed by atoms with Crippen LogP contribution in [0, 0.1) is 11.3 Å². The van der Waals surface area contributed by atoms with Crippen LogP contribution in [0.4, 0.5) is 0 Å². The Morgan fingerprint density at radius 1 is 1.16 bits per heavy atom. The first kappa shape index (κ1) is 16.9. The quantitative estimate of drug-likeness (QED) is 0.772. The third-order valence-electron chi connectivity index (χ3n) is 4.88. The van der Waals surface area contributed by atoms with Crippen LogP contribution < -0.4 is 5.73 Å². The highest BCUT2D eigenvalue weighted by atomic mass is 16.5. The molecule has 0 spiro atoms. The molecule has 0 heterocycles. The predicted molar refractivity (Wildman–Crippen MR) is 80.2 cm³/mol. The van der Waals surface area contributed by atoms with E-state index in [-0.39, 0.29) is 11.6 Å². The second-order valence-electron chi connectivity index (χ2n) is 6.95. The lowest BCUT2D eigenvalue weighted by molar-refractivity contribution is -0.109. The summed E-state index contributed by atoms with van der Waals surface area (Å²) in [5, 5.41) is 0. The monoisotopic (exact) mass is 271 g/mol. The van der Waals surface area contributed by atoms with Crippen LogP contribution in [0.25, 0.3) is 0 Å². The molecule has 1 fully saturated rings. The van der Waals surface area contributed by atoms with Gasteiger partial charge in [-0.3, -0.25) is 0 Å². The van der Waals surface area contributed by atoms with Gasteiger partial charge in [-0.2, -0.15) is 0 Å². The van der Waals surface area contributed by atoms with E-state index in [4.69, 9.17) is 15.2 Å². The average Bonchev–Trinajstić information content (AvgIpc) is 2.38. The van der Waals surface area contributed by atoms with Crippen LogP contribution in [0.15, 0.2) is 0 Å². The number of ether oxygens (including phenoxy) is 2. The minimum absolute atomic E-state index is 0.110. The van der Waals surface area contributed by atoms with E-state index < -0.39 is 0 Å². The van der Waals surface area contributed by atoms with E-state index in [2.05, 4.69) is 27.7 Å². The molecule has 2 atom stereocenters. The maximum Gasteiger partial charge on any atom is 0.0835 e. The molecule has 0 bridgehead atoms. The van der Waals surface area contributed by atoms with E-state index in [1.165, 1.54) is 12.8 Å². The minimum atomic E-state index is -0.114. The summed E-state index contributed by atoms with van der Waals surface area (Å²) in [6.45, 7) is 10.5. The van der Waals surface area contributed by atoms with Crippen molar-refractivity contribution in [1.82, 2.24) is 0 Å². The van der Waals surface area contributed by atoms with Crippen LogP contribution in [0.3, 0.4) is 0 Å². The van der Waals surface area contributed by atoms with E-state index in [1.807, 2.05) is 0 Å². The lowest BCUT2D eigenvalue weighted by Gasteiger charge is -2.48. The summed E-state index contributed by atoms with van der Waals surface area (Å²) in [5.74, 6) is 0.438. The number of hydrogen-bond donors (Lipinski definition) is 1. The van der Waals surface area contributed by atoms with Gasteiger partial charge in [0, 0.05) is 26.4 Å². The van der Waals surface area contributed by atoms with Gasteiger partial charge in [0.15, 0.2) is 0 Å². The molecule has 1 rings (SSSR count). The number of hydrogen-bond acceptors (Lipinski definition) is 3. The minimum Gasteiger partial charge on any atom is -0.385 e. The summed E-state index contributed by atoms with van der Waals surface area (Å²) in [6, 6.07) is 0.110. The smallest absolute Gasteiger partial charge is 0.0835 e. The molecule has 0 aromatic rings. The Labute approximate surface area is 119 Å². The maximum atomic E-state index is 6.56. The molecule has 114 valence electrons. The highest BCUT2D eigenvalue weighted by Gasteiger charge is 2.44. The molecule has 1 saturated carbocycles. The Morgan fingerprint density at radius 2 is 1.74 bits per heavy atom. The molecule has 1 aliphatic rings. The molecule has 0 aromatic heterocycles. The van der Waals surface area contributed by atoms with E-state index in [0.717, 1.165) is 32.5 Å². The summed E-state index contributed by atoms with van der Waals surface area (Å²) in [4.78, 5) is 0. The van der Waals surface area contributed by atoms with Gasteiger partial charge in [0.05, 0.1) is 5.60 Å². The molecule has 3 heteroatoms. The highest BCUT2D eigenvalue weighted by Crippen LogP contribution is 2.44. The molecule has 0 radical (unpaired) electrons. The largest absolute Gasteiger partial charge is 0.385 e. The zero-order valence-electron chi connectivity index (χ0n) is 13.5. The lowest BCUT2D eigenvalue weighted by atomic mass is 9.66. The summed E-state index contributed by atoms with van der Waals surface area (Å²) in [5.41, 5.74) is 6.89. The highest BCUT2D eigenvalue weighted by molar-refractivity contribution is 4.99. The summed E-state index contributed by atoms with van der Waals surface area (Å²) in [7, 11) is 1.75. The van der Waals surface area contributed by atoms with Crippen LogP contribution in [0.2, 0.25) is 0 Å². The fourth-order valence-corrected chi connectivity index (χ4v) is 3.21. The summed E-state index contributed by atoms with van der Waals surface area (Å²) < 4.78 is 11.3. The molecule has 19 heavy (non-hydrogen) atoms. The molecule has 3 nitrogen and oxygen atoms in total. The first-order chi connectivity index (χ1) is 8.87. The van der Waals surface area contributed by atoms with Gasteiger partial charge in [-0.15, -0.1) is 0 Å². The van der Waals surface area contributed by atoms with Gasteiger partial charge in [0.1, 0.15) is 0 Å². The molecule has 0 aliphatic heterocycles. The maximum absolute atomic E-state index is 6.56. The van der Waals surface area contributed by atoms with Crippen molar-refractivity contribution in [3.63, 3.8) is 0 Å². The Morgan fingerprint density at radius 3 is 2.21 bits per heavy atom. The van der Waals surface area contributed by atoms with Crippen LogP contribution in [-0.4, -0.2) is 32.0 Å². The van der Waals surface area contributed by atoms with Gasteiger partial charge >= 0.3 is 0 Å². The number of nitrogens with two attached hydrogens (primary N) is 1. The van der Waals surface area contributed by atoms with Crippen molar-refractivity contribution in [3.8, 4) is 0 Å². The van der Waals surface area contributed by atoms with Crippen molar-refractivity contribution in [1.29, 1.82) is 0 Å². The van der Waals surface area contributed by atoms with E-state index in [0.29, 0.717) is 11.3 Å². The first-order valence-electron chi connectivity index (χ1n) is 7.75. The molecule has 0 amide bonds. The van der Waals surface area contributed by atoms with Crippen molar-refractivity contribution < 1.29 is 9.47 Å². The Hall–Kier alpha value is -0.120. The Kier molecular flexibility index (Phi) is 6.28. The van der Waals surface area contributed by atoms with Crippen LogP contribution >= 0.6 is 0 Å². The van der Waals surface area contributed by atoms with Crippen LogP contribution in [-0.2, 0) is 9.47 Å². The molecular formula is C16H33NO2. The fraction of sp³-hybridized carbons (Fsp3) is 1.00. The number of methoxy groups -OCH3 is 1. The van der Waals surface area contributed by atoms with Crippen LogP contribution in [0.5, 0.6) is 0 Å². The molecular weight excluding hydrogens is 238 g/mol. The Bertz CT molecular complexity index is 255. The van der Waals surface area contributed by atoms with Crippen molar-refractivity contribution >= 4 is 0 Å². The first-order valence-corrected chi connectivity index (χ1v) is 7.75. The fourth-order valence-electron chi connectivity index (χ4n) is 3.21. The van der Waals surface area contributed by atoms with Crippen molar-refractivity contribution in [3.05, 3.63) is 0 Å². The summed E-state index contributed by atoms with van der Waals surface area (Å²) in [6.07, 6.45) is 5.60. The molecule has 2 unspecified atom stereocenters. The molecule has 1 aliphatic carbocycles. The summed E-state index contributed by atoms with van der Waals surface area (Å²) >= 11 is 0. The average molecular weight is 271 g/mol. The second kappa shape index (κ2) is 7.05. The van der Waals surface area contributed by atoms with Gasteiger partial charge in [0.25, 0.3) is 0 Å². The Balaban J connectivity index is 2.70. The van der Waals surface area contributed by atoms with Crippen molar-refractivity contribution in [2.45, 2.75) is 71.4 Å². The topological polar surface area (TPSA) is 44.5 Å². The molecule has 0 saturated heterocycles. The van der Waals surface area contributed by atoms with E-state index in [9.17, 15) is 0 Å². The number of rotatable bonds is 7. The van der Waals surface area contributed by atoms with Crippen LogP contribution in [0.1, 0.15) is 59.8 Å². The SMILES string of the molecule is CCOC1(C(N)C(C)CCOC)CCC(C)(C)CC1. The second-order valence-corrected chi connectivity index (χ2v) is 6.95. The van der Waals surface area contributed by atoms with Crippen molar-refractivity contribution in [2.75, 3.05) is 20.3 Å². The molecule has 0 aromatic carbocycles. The van der Waals surface area contributed by atoms with Gasteiger partial charge in [-0.1, -0.05) is 20.8 Å². The predicted octanol–water partition coefficient (Wildman–Crippen LogP) is 3.36. The van der Waals surface area contributed by atoms with Gasteiger partial charge in [0.2, 0.25) is 0 Å². The van der Waals surface area contributed by atoms with Gasteiger partial charge in [-0.25, -0.2) is 0 Å². The van der Waals surface area contributed by atoms with Crippen molar-refractivity contribution in [2.24, 2.45) is 17.1 Å². The standard InChI is InChI=1S/C16H33NO2/c1-6-19-16(10-8-15(3,4)9-11-16)14(17)13(2)7-12-18-5/h13-14H,6-12,17H2,1-5H3. The molecule has 2 N–H and O–H groups in total. The zero-order chi connectivity index (χ0) is 14.5. The van der Waals surface area contributed by atoms with E-state index in [1.54, 1.807) is 7.11 Å². The normalized spacial score (nSPS) is 24.9. The zero-order valence-corrected chi connectivity index (χ0v) is 13.5. The third kappa shape index (κ3) is 4.44. The lowest BCUT2D eigenvalue weighted by Crippen LogP contribution is -2.56. The third-order valence-corrected chi connectivity index (χ3v) is 4.88.